The number of hydrogen-bond acceptors (Lipinski definition) is 2. The summed E-state index contributed by atoms with van der Waals surface area (Å²) in [5.41, 5.74) is 2.43. The molecular formula is C16H19BrFNS. The summed E-state index contributed by atoms with van der Waals surface area (Å²) in [6, 6.07) is 7.86. The summed E-state index contributed by atoms with van der Waals surface area (Å²) in [7, 11) is 0. The third-order valence-corrected chi connectivity index (χ3v) is 5.08. The van der Waals surface area contributed by atoms with Crippen molar-refractivity contribution in [3.05, 3.63) is 55.4 Å². The first kappa shape index (κ1) is 15.7. The molecule has 0 radical (unpaired) electrons. The number of hydrogen-bond donors (Lipinski definition) is 1. The summed E-state index contributed by atoms with van der Waals surface area (Å²) in [6.45, 7) is 8.56. The molecule has 0 saturated heterocycles. The van der Waals surface area contributed by atoms with Crippen molar-refractivity contribution >= 4 is 27.3 Å². The Bertz CT molecular complexity index is 609. The second-order valence-corrected chi connectivity index (χ2v) is 7.47. The van der Waals surface area contributed by atoms with Crippen LogP contribution in [0.4, 0.5) is 4.39 Å². The van der Waals surface area contributed by atoms with E-state index in [-0.39, 0.29) is 17.9 Å². The molecule has 1 aromatic carbocycles. The first-order valence-electron chi connectivity index (χ1n) is 6.66. The Hall–Kier alpha value is -0.710. The van der Waals surface area contributed by atoms with Gasteiger partial charge in [0.2, 0.25) is 0 Å². The molecule has 4 heteroatoms. The van der Waals surface area contributed by atoms with Crippen LogP contribution in [0, 0.1) is 19.7 Å². The van der Waals surface area contributed by atoms with Crippen molar-refractivity contribution in [2.24, 2.45) is 0 Å². The van der Waals surface area contributed by atoms with Gasteiger partial charge in [-0.1, -0.05) is 6.07 Å². The quantitative estimate of drug-likeness (QED) is 0.743. The Morgan fingerprint density at radius 1 is 1.15 bits per heavy atom. The molecule has 1 heterocycles. The lowest BCUT2D eigenvalue weighted by Crippen LogP contribution is -2.22. The first-order chi connectivity index (χ1) is 9.38. The highest BCUT2D eigenvalue weighted by atomic mass is 79.9. The third kappa shape index (κ3) is 3.48. The van der Waals surface area contributed by atoms with Crippen LogP contribution in [0.3, 0.4) is 0 Å². The molecule has 1 nitrogen and oxygen atoms in total. The molecule has 2 aromatic rings. The van der Waals surface area contributed by atoms with Crippen LogP contribution in [0.5, 0.6) is 0 Å². The summed E-state index contributed by atoms with van der Waals surface area (Å²) in [6.07, 6.45) is 0. The van der Waals surface area contributed by atoms with Gasteiger partial charge in [0.05, 0.1) is 4.47 Å². The number of halogens is 2. The monoisotopic (exact) mass is 355 g/mol. The van der Waals surface area contributed by atoms with Crippen molar-refractivity contribution in [2.75, 3.05) is 0 Å². The highest BCUT2D eigenvalue weighted by Gasteiger charge is 2.15. The first-order valence-corrected chi connectivity index (χ1v) is 8.27. The van der Waals surface area contributed by atoms with Gasteiger partial charge in [0.15, 0.2) is 0 Å². The molecule has 2 rings (SSSR count). The van der Waals surface area contributed by atoms with E-state index >= 15 is 0 Å². The molecule has 0 amide bonds. The maximum absolute atomic E-state index is 13.3. The van der Waals surface area contributed by atoms with Crippen LogP contribution >= 0.6 is 27.3 Å². The number of rotatable bonds is 4. The molecule has 2 atom stereocenters. The van der Waals surface area contributed by atoms with Crippen LogP contribution in [0.2, 0.25) is 0 Å². The molecule has 108 valence electrons. The minimum atomic E-state index is -0.224. The smallest absolute Gasteiger partial charge is 0.137 e. The molecule has 2 unspecified atom stereocenters. The lowest BCUT2D eigenvalue weighted by molar-refractivity contribution is 0.493. The average molecular weight is 356 g/mol. The fourth-order valence-electron chi connectivity index (χ4n) is 2.42. The van der Waals surface area contributed by atoms with E-state index < -0.39 is 0 Å². The van der Waals surface area contributed by atoms with E-state index in [4.69, 9.17) is 0 Å². The van der Waals surface area contributed by atoms with Crippen LogP contribution < -0.4 is 5.32 Å². The zero-order valence-corrected chi connectivity index (χ0v) is 14.5. The topological polar surface area (TPSA) is 12.0 Å². The van der Waals surface area contributed by atoms with Gasteiger partial charge in [-0.25, -0.2) is 4.39 Å². The maximum atomic E-state index is 13.3. The molecule has 1 aromatic heterocycles. The van der Waals surface area contributed by atoms with Gasteiger partial charge >= 0.3 is 0 Å². The van der Waals surface area contributed by atoms with Crippen LogP contribution in [0.25, 0.3) is 0 Å². The lowest BCUT2D eigenvalue weighted by atomic mass is 10.0. The van der Waals surface area contributed by atoms with Gasteiger partial charge in [-0.2, -0.15) is 0 Å². The highest BCUT2D eigenvalue weighted by Crippen LogP contribution is 2.29. The number of thiophene rings is 1. The molecule has 0 aliphatic rings. The summed E-state index contributed by atoms with van der Waals surface area (Å²) < 4.78 is 13.8. The van der Waals surface area contributed by atoms with Crippen LogP contribution in [-0.2, 0) is 0 Å². The fourth-order valence-corrected chi connectivity index (χ4v) is 3.84. The molecule has 1 N–H and O–H groups in total. The van der Waals surface area contributed by atoms with Gasteiger partial charge in [0.1, 0.15) is 5.82 Å². The van der Waals surface area contributed by atoms with Crippen molar-refractivity contribution in [1.82, 2.24) is 5.32 Å². The van der Waals surface area contributed by atoms with Crippen molar-refractivity contribution in [3.8, 4) is 0 Å². The van der Waals surface area contributed by atoms with Gasteiger partial charge in [0, 0.05) is 21.8 Å². The number of benzene rings is 1. The summed E-state index contributed by atoms with van der Waals surface area (Å²) in [5, 5.41) is 3.58. The van der Waals surface area contributed by atoms with Crippen molar-refractivity contribution in [1.29, 1.82) is 0 Å². The average Bonchev–Trinajstić information content (AvgIpc) is 2.71. The Morgan fingerprint density at radius 3 is 2.40 bits per heavy atom. The van der Waals surface area contributed by atoms with E-state index in [1.165, 1.54) is 21.4 Å². The van der Waals surface area contributed by atoms with Crippen LogP contribution in [0.15, 0.2) is 28.7 Å². The maximum Gasteiger partial charge on any atom is 0.137 e. The minimum Gasteiger partial charge on any atom is -0.304 e. The predicted molar refractivity (Wildman–Crippen MR) is 87.9 cm³/mol. The summed E-state index contributed by atoms with van der Waals surface area (Å²) >= 11 is 5.07. The molecule has 0 spiro atoms. The van der Waals surface area contributed by atoms with E-state index in [9.17, 15) is 4.39 Å². The Morgan fingerprint density at radius 2 is 1.85 bits per heavy atom. The van der Waals surface area contributed by atoms with E-state index in [0.717, 1.165) is 5.56 Å². The highest BCUT2D eigenvalue weighted by molar-refractivity contribution is 9.10. The third-order valence-electron chi connectivity index (χ3n) is 3.49. The number of aryl methyl sites for hydroxylation is 2. The van der Waals surface area contributed by atoms with Crippen LogP contribution in [0.1, 0.15) is 46.8 Å². The van der Waals surface area contributed by atoms with Gasteiger partial charge < -0.3 is 5.32 Å². The van der Waals surface area contributed by atoms with E-state index in [1.54, 1.807) is 0 Å². The largest absolute Gasteiger partial charge is 0.304 e. The Balaban J connectivity index is 2.12. The van der Waals surface area contributed by atoms with E-state index in [2.05, 4.69) is 55.0 Å². The van der Waals surface area contributed by atoms with Gasteiger partial charge in [-0.3, -0.25) is 0 Å². The van der Waals surface area contributed by atoms with Crippen molar-refractivity contribution in [3.63, 3.8) is 0 Å². The molecule has 0 bridgehead atoms. The minimum absolute atomic E-state index is 0.168. The molecule has 20 heavy (non-hydrogen) atoms. The van der Waals surface area contributed by atoms with Crippen LogP contribution in [-0.4, -0.2) is 0 Å². The van der Waals surface area contributed by atoms with Gasteiger partial charge in [-0.05, 0) is 73.0 Å². The standard InChI is InChI=1S/C16H19BrFNS/c1-9-7-14(12(4)20-9)11(3)19-10(2)13-5-6-16(18)15(17)8-13/h5-8,10-11,19H,1-4H3. The Labute approximate surface area is 132 Å². The van der Waals surface area contributed by atoms with E-state index in [1.807, 2.05) is 23.5 Å². The zero-order chi connectivity index (χ0) is 14.9. The fraction of sp³-hybridized carbons (Fsp3) is 0.375. The van der Waals surface area contributed by atoms with Gasteiger partial charge in [-0.15, -0.1) is 11.3 Å². The molecule has 0 aliphatic carbocycles. The second kappa shape index (κ2) is 6.37. The van der Waals surface area contributed by atoms with Crippen molar-refractivity contribution < 1.29 is 4.39 Å². The lowest BCUT2D eigenvalue weighted by Gasteiger charge is -2.21. The summed E-state index contributed by atoms with van der Waals surface area (Å²) in [5.74, 6) is -0.224. The predicted octanol–water partition coefficient (Wildman–Crippen LogP) is 5.68. The molecule has 0 fully saturated rings. The van der Waals surface area contributed by atoms with E-state index in [0.29, 0.717) is 4.47 Å². The molecule has 0 aliphatic heterocycles. The molecule has 0 saturated carbocycles. The summed E-state index contributed by atoms with van der Waals surface area (Å²) in [4.78, 5) is 2.69. The van der Waals surface area contributed by atoms with Gasteiger partial charge in [0.25, 0.3) is 0 Å². The molecular weight excluding hydrogens is 337 g/mol. The normalized spacial score (nSPS) is 14.3. The SMILES string of the molecule is Cc1cc(C(C)NC(C)c2ccc(F)c(Br)c2)c(C)s1. The second-order valence-electron chi connectivity index (χ2n) is 5.15. The zero-order valence-electron chi connectivity index (χ0n) is 12.1. The number of nitrogens with one attached hydrogen (secondary N) is 1. The van der Waals surface area contributed by atoms with Crippen molar-refractivity contribution in [2.45, 2.75) is 39.8 Å². The Kier molecular flexibility index (Phi) is 4.99.